The van der Waals surface area contributed by atoms with Crippen LogP contribution in [0.3, 0.4) is 0 Å². The summed E-state index contributed by atoms with van der Waals surface area (Å²) in [5.41, 5.74) is 3.89. The van der Waals surface area contributed by atoms with Gasteiger partial charge in [0.15, 0.2) is 0 Å². The van der Waals surface area contributed by atoms with Crippen molar-refractivity contribution in [2.75, 3.05) is 12.7 Å². The van der Waals surface area contributed by atoms with Crippen LogP contribution in [0.15, 0.2) is 42.5 Å². The highest BCUT2D eigenvalue weighted by Gasteiger charge is 2.33. The molecule has 0 radical (unpaired) electrons. The van der Waals surface area contributed by atoms with E-state index in [2.05, 4.69) is 0 Å². The third-order valence-corrected chi connectivity index (χ3v) is 6.37. The minimum Gasteiger partial charge on any atom is -0.343 e. The van der Waals surface area contributed by atoms with Crippen molar-refractivity contribution in [2.24, 2.45) is 0 Å². The highest BCUT2D eigenvalue weighted by molar-refractivity contribution is 7.51. The third-order valence-electron chi connectivity index (χ3n) is 5.47. The van der Waals surface area contributed by atoms with Crippen LogP contribution in [-0.2, 0) is 4.57 Å². The lowest BCUT2D eigenvalue weighted by Crippen LogP contribution is -2.34. The molecule has 2 aromatic carbocycles. The first-order valence-corrected chi connectivity index (χ1v) is 12.0. The summed E-state index contributed by atoms with van der Waals surface area (Å²) < 4.78 is 48.7. The first kappa shape index (κ1) is 23.5. The standard InChI is InChI=1S/C22H25F3NO4P/c23-22(24,25)14-26-21(27)19-12-7-11-18-16-9-5-4-8-15(16)17(20(18)19)10-3-1-2-6-13-31(28,29)30/h4-5,7-9,11-12,17H,1-3,6,10,13-14H2,(H,26,27)(H2,28,29,30). The molecule has 0 aromatic heterocycles. The van der Waals surface area contributed by atoms with Crippen LogP contribution >= 0.6 is 7.60 Å². The summed E-state index contributed by atoms with van der Waals surface area (Å²) in [4.78, 5) is 30.5. The zero-order valence-electron chi connectivity index (χ0n) is 16.9. The van der Waals surface area contributed by atoms with E-state index < -0.39 is 26.2 Å². The van der Waals surface area contributed by atoms with E-state index in [-0.39, 0.29) is 17.6 Å². The smallest absolute Gasteiger partial charge is 0.343 e. The largest absolute Gasteiger partial charge is 0.405 e. The summed E-state index contributed by atoms with van der Waals surface area (Å²) >= 11 is 0. The molecule has 1 unspecified atom stereocenters. The Balaban J connectivity index is 1.77. The fraction of sp³-hybridized carbons (Fsp3) is 0.409. The molecule has 1 amide bonds. The van der Waals surface area contributed by atoms with Crippen molar-refractivity contribution in [3.63, 3.8) is 0 Å². The molecule has 1 aliphatic carbocycles. The van der Waals surface area contributed by atoms with Crippen LogP contribution in [0.4, 0.5) is 13.2 Å². The van der Waals surface area contributed by atoms with Crippen LogP contribution in [0, 0.1) is 0 Å². The van der Waals surface area contributed by atoms with Crippen molar-refractivity contribution in [3.8, 4) is 11.1 Å². The first-order valence-electron chi connectivity index (χ1n) is 10.2. The van der Waals surface area contributed by atoms with Crippen LogP contribution in [0.1, 0.15) is 59.5 Å². The SMILES string of the molecule is O=C(NCC(F)(F)F)c1cccc2c1C(CCCCCCP(=O)(O)O)c1ccccc1-2. The quantitative estimate of drug-likeness (QED) is 0.358. The van der Waals surface area contributed by atoms with Crippen molar-refractivity contribution >= 4 is 13.5 Å². The maximum atomic E-state index is 12.6. The molecule has 3 N–H and O–H groups in total. The zero-order valence-corrected chi connectivity index (χ0v) is 17.8. The molecular formula is C22H25F3NO4P. The van der Waals surface area contributed by atoms with Gasteiger partial charge in [-0.15, -0.1) is 0 Å². The lowest BCUT2D eigenvalue weighted by molar-refractivity contribution is -0.123. The van der Waals surface area contributed by atoms with Gasteiger partial charge in [0, 0.05) is 17.6 Å². The average molecular weight is 455 g/mol. The maximum absolute atomic E-state index is 12.6. The number of nitrogens with one attached hydrogen (secondary N) is 1. The molecule has 0 fully saturated rings. The second-order valence-electron chi connectivity index (χ2n) is 7.80. The molecule has 31 heavy (non-hydrogen) atoms. The molecule has 1 aliphatic rings. The number of halogens is 3. The number of benzene rings is 2. The van der Waals surface area contributed by atoms with Gasteiger partial charge >= 0.3 is 13.8 Å². The first-order chi connectivity index (χ1) is 14.6. The zero-order chi connectivity index (χ0) is 22.6. The fourth-order valence-electron chi connectivity index (χ4n) is 4.17. The molecule has 2 aromatic rings. The summed E-state index contributed by atoms with van der Waals surface area (Å²) in [6, 6.07) is 12.8. The van der Waals surface area contributed by atoms with Crippen LogP contribution in [-0.4, -0.2) is 34.6 Å². The molecule has 9 heteroatoms. The van der Waals surface area contributed by atoms with E-state index in [0.717, 1.165) is 35.1 Å². The molecule has 0 aliphatic heterocycles. The van der Waals surface area contributed by atoms with Gasteiger partial charge in [-0.05, 0) is 41.2 Å². The summed E-state index contributed by atoms with van der Waals surface area (Å²) in [6.45, 7) is -1.38. The van der Waals surface area contributed by atoms with Crippen LogP contribution in [0.2, 0.25) is 0 Å². The molecular weight excluding hydrogens is 430 g/mol. The van der Waals surface area contributed by atoms with Crippen molar-refractivity contribution in [3.05, 3.63) is 59.2 Å². The van der Waals surface area contributed by atoms with E-state index in [4.69, 9.17) is 9.79 Å². The summed E-state index contributed by atoms with van der Waals surface area (Å²) in [6.07, 6.45) is -1.25. The maximum Gasteiger partial charge on any atom is 0.405 e. The summed E-state index contributed by atoms with van der Waals surface area (Å²) in [5, 5.41) is 1.98. The van der Waals surface area contributed by atoms with E-state index in [1.54, 1.807) is 12.1 Å². The molecule has 0 heterocycles. The van der Waals surface area contributed by atoms with Crippen LogP contribution in [0.5, 0.6) is 0 Å². The Hall–Kier alpha value is -2.15. The molecule has 0 spiro atoms. The number of fused-ring (bicyclic) bond motifs is 3. The van der Waals surface area contributed by atoms with E-state index in [9.17, 15) is 22.5 Å². The number of carbonyl (C=O) groups is 1. The molecule has 0 saturated carbocycles. The Morgan fingerprint density at radius 1 is 0.968 bits per heavy atom. The van der Waals surface area contributed by atoms with Gasteiger partial charge in [0.2, 0.25) is 0 Å². The lowest BCUT2D eigenvalue weighted by Gasteiger charge is -2.17. The van der Waals surface area contributed by atoms with Gasteiger partial charge in [0.1, 0.15) is 6.54 Å². The number of alkyl halides is 3. The van der Waals surface area contributed by atoms with Gasteiger partial charge in [-0.3, -0.25) is 9.36 Å². The number of hydrogen-bond acceptors (Lipinski definition) is 2. The number of rotatable bonds is 9. The Kier molecular flexibility index (Phi) is 7.24. The molecule has 0 saturated heterocycles. The van der Waals surface area contributed by atoms with Crippen LogP contribution in [0.25, 0.3) is 11.1 Å². The number of unbranched alkanes of at least 4 members (excludes halogenated alkanes) is 3. The topological polar surface area (TPSA) is 86.6 Å². The monoisotopic (exact) mass is 455 g/mol. The Morgan fingerprint density at radius 2 is 1.65 bits per heavy atom. The Labute approximate surface area is 178 Å². The Morgan fingerprint density at radius 3 is 2.35 bits per heavy atom. The second-order valence-corrected chi connectivity index (χ2v) is 9.57. The van der Waals surface area contributed by atoms with Crippen molar-refractivity contribution < 1.29 is 32.3 Å². The van der Waals surface area contributed by atoms with Gasteiger partial charge in [-0.2, -0.15) is 13.2 Å². The minimum atomic E-state index is -4.48. The van der Waals surface area contributed by atoms with Crippen LogP contribution < -0.4 is 5.32 Å². The van der Waals surface area contributed by atoms with Crippen molar-refractivity contribution in [1.82, 2.24) is 5.32 Å². The number of carbonyl (C=O) groups excluding carboxylic acids is 1. The van der Waals surface area contributed by atoms with E-state index in [0.29, 0.717) is 19.3 Å². The molecule has 1 atom stereocenters. The van der Waals surface area contributed by atoms with Gasteiger partial charge < -0.3 is 15.1 Å². The van der Waals surface area contributed by atoms with Crippen molar-refractivity contribution in [1.29, 1.82) is 0 Å². The number of hydrogen-bond donors (Lipinski definition) is 3. The van der Waals surface area contributed by atoms with E-state index >= 15 is 0 Å². The molecule has 0 bridgehead atoms. The van der Waals surface area contributed by atoms with Gasteiger partial charge in [0.25, 0.3) is 5.91 Å². The van der Waals surface area contributed by atoms with E-state index in [1.165, 1.54) is 0 Å². The highest BCUT2D eigenvalue weighted by atomic mass is 31.2. The molecule has 3 rings (SSSR count). The predicted octanol–water partition coefficient (Wildman–Crippen LogP) is 5.22. The number of amides is 1. The Bertz CT molecular complexity index is 987. The fourth-order valence-corrected chi connectivity index (χ4v) is 4.81. The average Bonchev–Trinajstić information content (AvgIpc) is 3.01. The molecule has 168 valence electrons. The minimum absolute atomic E-state index is 0.110. The van der Waals surface area contributed by atoms with Gasteiger partial charge in [0.05, 0.1) is 0 Å². The van der Waals surface area contributed by atoms with Crippen molar-refractivity contribution in [2.45, 2.75) is 44.2 Å². The van der Waals surface area contributed by atoms with Gasteiger partial charge in [-0.1, -0.05) is 55.7 Å². The highest BCUT2D eigenvalue weighted by Crippen LogP contribution is 2.48. The van der Waals surface area contributed by atoms with E-state index in [1.807, 2.05) is 35.6 Å². The molecule has 5 nitrogen and oxygen atoms in total. The summed E-state index contributed by atoms with van der Waals surface area (Å²) in [5.74, 6) is -0.852. The lowest BCUT2D eigenvalue weighted by atomic mass is 9.88. The normalized spacial score (nSPS) is 15.5. The predicted molar refractivity (Wildman–Crippen MR) is 112 cm³/mol. The summed E-state index contributed by atoms with van der Waals surface area (Å²) in [7, 11) is -3.98. The second kappa shape index (κ2) is 9.55. The third kappa shape index (κ3) is 6.19. The van der Waals surface area contributed by atoms with Gasteiger partial charge in [-0.25, -0.2) is 0 Å².